The van der Waals surface area contributed by atoms with Crippen LogP contribution in [0.3, 0.4) is 0 Å². The van der Waals surface area contributed by atoms with Crippen molar-refractivity contribution in [1.29, 1.82) is 0 Å². The average molecular weight is 466 g/mol. The maximum Gasteiger partial charge on any atom is 0.341 e. The molecule has 1 rings (SSSR count). The van der Waals surface area contributed by atoms with Crippen molar-refractivity contribution in [1.82, 2.24) is 0 Å². The van der Waals surface area contributed by atoms with Crippen LogP contribution in [0.5, 0.6) is 5.75 Å². The molecule has 0 unspecified atom stereocenters. The largest absolute Gasteiger partial charge is 0.494 e. The fraction of sp³-hybridized carbons (Fsp3) is 0.571. The second-order valence-electron chi connectivity index (χ2n) is 6.76. The van der Waals surface area contributed by atoms with Gasteiger partial charge in [-0.2, -0.15) is 0 Å². The molecule has 158 valence electrons. The Morgan fingerprint density at radius 2 is 1.57 bits per heavy atom. The Labute approximate surface area is 184 Å². The van der Waals surface area contributed by atoms with E-state index in [0.717, 1.165) is 50.0 Å². The fourth-order valence-electron chi connectivity index (χ4n) is 2.56. The van der Waals surface area contributed by atoms with E-state index < -0.39 is 6.00 Å². The zero-order valence-corrected chi connectivity index (χ0v) is 19.9. The fourth-order valence-corrected chi connectivity index (χ4v) is 4.41. The van der Waals surface area contributed by atoms with Crippen molar-refractivity contribution in [3.63, 3.8) is 0 Å². The van der Waals surface area contributed by atoms with Crippen LogP contribution in [0, 0.1) is 0 Å². The summed E-state index contributed by atoms with van der Waals surface area (Å²) in [7, 11) is 0. The van der Waals surface area contributed by atoms with Crippen molar-refractivity contribution in [3.8, 4) is 5.75 Å². The highest BCUT2D eigenvalue weighted by Gasteiger charge is 2.23. The summed E-state index contributed by atoms with van der Waals surface area (Å²) in [6, 6.07) is 5.90. The van der Waals surface area contributed by atoms with Crippen LogP contribution in [0.4, 0.5) is 0 Å². The maximum atomic E-state index is 11.8. The second-order valence-corrected chi connectivity index (χ2v) is 16.0. The van der Waals surface area contributed by atoms with Crippen molar-refractivity contribution in [2.45, 2.75) is 64.3 Å². The first-order valence-corrected chi connectivity index (χ1v) is 15.3. The summed E-state index contributed by atoms with van der Waals surface area (Å²) in [6.07, 6.45) is 11.7. The summed E-state index contributed by atoms with van der Waals surface area (Å²) >= 11 is 17.5. The third-order valence-electron chi connectivity index (χ3n) is 4.16. The van der Waals surface area contributed by atoms with E-state index in [1.165, 1.54) is 25.3 Å². The molecule has 1 aromatic carbocycles. The molecule has 28 heavy (non-hydrogen) atoms. The Balaban J connectivity index is 2.15. The molecule has 1 aromatic rings. The summed E-state index contributed by atoms with van der Waals surface area (Å²) in [4.78, 5) is 11.8. The standard InChI is InChI=1S/C21H31Cl3O3Si/c1-2-3-4-7-16-26-20-13-10-19(11-14-20)12-15-21(25)27-17-8-5-6-9-18-28(22,23)24/h10-15H,2-9,16-18H2,1H3/b15-12+. The van der Waals surface area contributed by atoms with Crippen molar-refractivity contribution < 1.29 is 14.3 Å². The lowest BCUT2D eigenvalue weighted by Gasteiger charge is -2.07. The minimum atomic E-state index is -2.49. The van der Waals surface area contributed by atoms with Crippen LogP contribution in [0.25, 0.3) is 6.08 Å². The number of hydrogen-bond donors (Lipinski definition) is 0. The molecule has 0 aromatic heterocycles. The van der Waals surface area contributed by atoms with Gasteiger partial charge in [0.25, 0.3) is 0 Å². The van der Waals surface area contributed by atoms with Gasteiger partial charge in [-0.1, -0.05) is 57.6 Å². The number of halogens is 3. The number of benzene rings is 1. The molecule has 0 amide bonds. The second kappa shape index (κ2) is 15.2. The van der Waals surface area contributed by atoms with Crippen LogP contribution in [0.1, 0.15) is 63.9 Å². The molecule has 0 radical (unpaired) electrons. The molecule has 0 N–H and O–H groups in total. The average Bonchev–Trinajstić information content (AvgIpc) is 2.65. The van der Waals surface area contributed by atoms with Gasteiger partial charge in [-0.15, -0.1) is 33.2 Å². The highest BCUT2D eigenvalue weighted by Crippen LogP contribution is 2.27. The first kappa shape index (κ1) is 25.4. The van der Waals surface area contributed by atoms with Gasteiger partial charge in [0.2, 0.25) is 0 Å². The number of carbonyl (C=O) groups excluding carboxylic acids is 1. The molecule has 0 saturated carbocycles. The molecule has 7 heteroatoms. The van der Waals surface area contributed by atoms with E-state index in [9.17, 15) is 4.79 Å². The molecule has 0 spiro atoms. The Morgan fingerprint density at radius 3 is 2.25 bits per heavy atom. The Kier molecular flexibility index (Phi) is 13.8. The quantitative estimate of drug-likeness (QED) is 0.0888. The lowest BCUT2D eigenvalue weighted by molar-refractivity contribution is -0.137. The van der Waals surface area contributed by atoms with Crippen LogP contribution in [-0.4, -0.2) is 25.2 Å². The molecule has 0 aliphatic rings. The maximum absolute atomic E-state index is 11.8. The van der Waals surface area contributed by atoms with Gasteiger partial charge in [0, 0.05) is 6.08 Å². The molecule has 0 heterocycles. The van der Waals surface area contributed by atoms with E-state index >= 15 is 0 Å². The normalized spacial score (nSPS) is 11.7. The Hall–Kier alpha value is -0.683. The minimum absolute atomic E-state index is 0.329. The minimum Gasteiger partial charge on any atom is -0.494 e. The molecule has 0 atom stereocenters. The highest BCUT2D eigenvalue weighted by molar-refractivity contribution is 7.64. The zero-order valence-electron chi connectivity index (χ0n) is 16.6. The molecule has 0 fully saturated rings. The van der Waals surface area contributed by atoms with Gasteiger partial charge >= 0.3 is 12.0 Å². The van der Waals surface area contributed by atoms with Crippen molar-refractivity contribution in [2.75, 3.05) is 13.2 Å². The molecule has 3 nitrogen and oxygen atoms in total. The molecular formula is C21H31Cl3O3Si. The summed E-state index contributed by atoms with van der Waals surface area (Å²) < 4.78 is 10.9. The highest BCUT2D eigenvalue weighted by atomic mass is 35.8. The Bertz CT molecular complexity index is 571. The van der Waals surface area contributed by atoms with Crippen LogP contribution in [-0.2, 0) is 9.53 Å². The number of carbonyl (C=O) groups is 1. The van der Waals surface area contributed by atoms with Gasteiger partial charge in [-0.25, -0.2) is 4.79 Å². The van der Waals surface area contributed by atoms with Crippen molar-refractivity contribution >= 4 is 51.3 Å². The monoisotopic (exact) mass is 464 g/mol. The molecular weight excluding hydrogens is 435 g/mol. The van der Waals surface area contributed by atoms with Crippen molar-refractivity contribution in [3.05, 3.63) is 35.9 Å². The zero-order chi connectivity index (χ0) is 20.7. The molecule has 0 bridgehead atoms. The van der Waals surface area contributed by atoms with E-state index in [0.29, 0.717) is 12.7 Å². The van der Waals surface area contributed by atoms with E-state index in [2.05, 4.69) is 6.92 Å². The van der Waals surface area contributed by atoms with Gasteiger partial charge in [0.05, 0.1) is 13.2 Å². The Morgan fingerprint density at radius 1 is 0.929 bits per heavy atom. The summed E-state index contributed by atoms with van der Waals surface area (Å²) in [5.41, 5.74) is 0.936. The predicted octanol–water partition coefficient (Wildman–Crippen LogP) is 7.42. The topological polar surface area (TPSA) is 35.5 Å². The van der Waals surface area contributed by atoms with Crippen LogP contribution in [0.15, 0.2) is 30.3 Å². The number of rotatable bonds is 15. The third kappa shape index (κ3) is 14.3. The lowest BCUT2D eigenvalue weighted by atomic mass is 10.2. The number of ether oxygens (including phenoxy) is 2. The van der Waals surface area contributed by atoms with E-state index in [1.807, 2.05) is 24.3 Å². The first-order chi connectivity index (χ1) is 13.4. The smallest absolute Gasteiger partial charge is 0.341 e. The predicted molar refractivity (Wildman–Crippen MR) is 123 cm³/mol. The van der Waals surface area contributed by atoms with Crippen LogP contribution >= 0.6 is 33.2 Å². The van der Waals surface area contributed by atoms with Gasteiger partial charge < -0.3 is 9.47 Å². The van der Waals surface area contributed by atoms with Crippen LogP contribution in [0.2, 0.25) is 6.04 Å². The SMILES string of the molecule is CCCCCCOc1ccc(/C=C/C(=O)OCCCCCC[Si](Cl)(Cl)Cl)cc1. The van der Waals surface area contributed by atoms with Gasteiger partial charge in [0.15, 0.2) is 0 Å². The van der Waals surface area contributed by atoms with Gasteiger partial charge in [0.1, 0.15) is 5.75 Å². The van der Waals surface area contributed by atoms with E-state index in [-0.39, 0.29) is 5.97 Å². The summed E-state index contributed by atoms with van der Waals surface area (Å²) in [5, 5.41) is 0. The van der Waals surface area contributed by atoms with Crippen molar-refractivity contribution in [2.24, 2.45) is 0 Å². The van der Waals surface area contributed by atoms with Gasteiger partial charge in [-0.3, -0.25) is 0 Å². The molecule has 0 aliphatic carbocycles. The lowest BCUT2D eigenvalue weighted by Crippen LogP contribution is -2.07. The first-order valence-electron chi connectivity index (χ1n) is 10.0. The summed E-state index contributed by atoms with van der Waals surface area (Å²) in [6.45, 7) is 3.36. The third-order valence-corrected chi connectivity index (χ3v) is 6.78. The molecule has 0 saturated heterocycles. The molecule has 0 aliphatic heterocycles. The number of unbranched alkanes of at least 4 members (excludes halogenated alkanes) is 6. The van der Waals surface area contributed by atoms with E-state index in [4.69, 9.17) is 42.7 Å². The number of esters is 1. The van der Waals surface area contributed by atoms with Crippen LogP contribution < -0.4 is 4.74 Å². The van der Waals surface area contributed by atoms with E-state index in [1.54, 1.807) is 6.08 Å². The summed E-state index contributed by atoms with van der Waals surface area (Å²) in [5.74, 6) is 0.526. The number of hydrogen-bond acceptors (Lipinski definition) is 3. The van der Waals surface area contributed by atoms with Gasteiger partial charge in [-0.05, 0) is 42.7 Å².